The van der Waals surface area contributed by atoms with Crippen LogP contribution in [0.2, 0.25) is 0 Å². The third kappa shape index (κ3) is 84.9. The number of allylic oxidation sites excluding steroid dienone is 8. The maximum absolute atomic E-state index is 12.9. The van der Waals surface area contributed by atoms with Gasteiger partial charge < -0.3 is 27.9 Å². The summed E-state index contributed by atoms with van der Waals surface area (Å²) in [6, 6.07) is 0. The molecule has 0 aliphatic heterocycles. The fourth-order valence-corrected chi connectivity index (χ4v) is 14.3. The first-order valence-corrected chi connectivity index (χ1v) is 45.8. The molecule has 0 rings (SSSR count). The third-order valence-electron chi connectivity index (χ3n) is 20.3. The zero-order valence-electron chi connectivity index (χ0n) is 67.7. The van der Waals surface area contributed by atoms with Crippen LogP contribution in [0.3, 0.4) is 0 Å². The van der Waals surface area contributed by atoms with Gasteiger partial charge in [0.25, 0.3) is 7.82 Å². The van der Waals surface area contributed by atoms with E-state index < -0.39 is 26.5 Å². The molecule has 0 N–H and O–H groups in total. The van der Waals surface area contributed by atoms with Crippen molar-refractivity contribution in [2.75, 3.05) is 47.5 Å². The molecule has 0 saturated carbocycles. The van der Waals surface area contributed by atoms with Crippen molar-refractivity contribution in [1.29, 1.82) is 0 Å². The van der Waals surface area contributed by atoms with E-state index in [1.807, 2.05) is 21.1 Å². The minimum absolute atomic E-state index is 0.0273. The molecule has 0 aliphatic rings. The normalized spacial score (nSPS) is 13.1. The van der Waals surface area contributed by atoms with Gasteiger partial charge in [0.05, 0.1) is 27.7 Å². The van der Waals surface area contributed by atoms with Crippen molar-refractivity contribution in [3.8, 4) is 0 Å². The van der Waals surface area contributed by atoms with Crippen molar-refractivity contribution in [2.45, 2.75) is 469 Å². The lowest BCUT2D eigenvalue weighted by Crippen LogP contribution is -2.37. The molecule has 0 aromatic carbocycles. The quantitative estimate of drug-likeness (QED) is 0.0195. The number of unbranched alkanes of at least 4 members (excludes halogenated alkanes) is 62. The number of likely N-dealkylation sites (N-methyl/N-ethyl adjacent to an activating group) is 1. The van der Waals surface area contributed by atoms with Gasteiger partial charge in [0.2, 0.25) is 0 Å². The number of carbonyl (C=O) groups is 2. The average molecular weight is 1430 g/mol. The second-order valence-electron chi connectivity index (χ2n) is 31.6. The molecule has 0 aromatic rings. The number of hydrogen-bond donors (Lipinski definition) is 0. The standard InChI is InChI=1S/C90H172NO8P/c1-6-8-10-12-14-16-18-20-22-24-26-28-30-32-34-36-38-40-42-44-45-47-49-51-53-55-57-59-61-63-65-67-69-71-73-75-77-79-81-83-90(93)99-88(87-98-100(94,95)97-85-84-91(3,4)5)86-96-89(92)82-80-78-76-74-72-70-68-66-64-62-60-58-56-54-52-50-48-46-43-41-39-37-35-33-31-29-27-25-23-21-19-17-15-13-11-9-7-2/h18,20,24-27,30,32,88H,6-17,19,21-23,28-29,31,33-87H2,1-5H3/b20-18-,26-24-,27-25-,32-30-. The van der Waals surface area contributed by atoms with Gasteiger partial charge in [-0.25, -0.2) is 0 Å². The molecule has 0 saturated heterocycles. The van der Waals surface area contributed by atoms with Gasteiger partial charge in [-0.2, -0.15) is 0 Å². The number of phosphoric ester groups is 1. The van der Waals surface area contributed by atoms with Gasteiger partial charge in [-0.1, -0.05) is 422 Å². The molecular formula is C90H172NO8P. The van der Waals surface area contributed by atoms with Gasteiger partial charge in [0, 0.05) is 12.8 Å². The van der Waals surface area contributed by atoms with E-state index in [2.05, 4.69) is 62.5 Å². The monoisotopic (exact) mass is 1430 g/mol. The van der Waals surface area contributed by atoms with Crippen LogP contribution in [0.5, 0.6) is 0 Å². The molecule has 10 heteroatoms. The lowest BCUT2D eigenvalue weighted by atomic mass is 10.0. The number of quaternary nitrogens is 1. The molecule has 2 unspecified atom stereocenters. The predicted molar refractivity (Wildman–Crippen MR) is 434 cm³/mol. The van der Waals surface area contributed by atoms with Crippen molar-refractivity contribution < 1.29 is 42.1 Å². The fraction of sp³-hybridized carbons (Fsp3) is 0.889. The molecule has 590 valence electrons. The summed E-state index contributed by atoms with van der Waals surface area (Å²) in [6.45, 7) is 4.31. The second kappa shape index (κ2) is 81.1. The average Bonchev–Trinajstić information content (AvgIpc) is 1.07. The van der Waals surface area contributed by atoms with Crippen LogP contribution < -0.4 is 4.89 Å². The Balaban J connectivity index is 3.85. The molecule has 0 spiro atoms. The largest absolute Gasteiger partial charge is 0.756 e. The Bertz CT molecular complexity index is 1830. The molecule has 100 heavy (non-hydrogen) atoms. The van der Waals surface area contributed by atoms with Crippen LogP contribution in [0.25, 0.3) is 0 Å². The predicted octanol–water partition coefficient (Wildman–Crippen LogP) is 29.2. The highest BCUT2D eigenvalue weighted by molar-refractivity contribution is 7.45. The minimum Gasteiger partial charge on any atom is -0.756 e. The van der Waals surface area contributed by atoms with Crippen molar-refractivity contribution in [2.24, 2.45) is 0 Å². The number of nitrogens with zero attached hydrogens (tertiary/aromatic N) is 1. The topological polar surface area (TPSA) is 111 Å². The minimum atomic E-state index is -4.65. The van der Waals surface area contributed by atoms with E-state index in [4.69, 9.17) is 18.5 Å². The van der Waals surface area contributed by atoms with Gasteiger partial charge >= 0.3 is 11.9 Å². The van der Waals surface area contributed by atoms with Gasteiger partial charge in [-0.15, -0.1) is 0 Å². The molecule has 2 atom stereocenters. The highest BCUT2D eigenvalue weighted by Crippen LogP contribution is 2.38. The van der Waals surface area contributed by atoms with Gasteiger partial charge in [0.1, 0.15) is 19.8 Å². The first-order chi connectivity index (χ1) is 49.0. The van der Waals surface area contributed by atoms with Gasteiger partial charge in [-0.05, 0) is 77.0 Å². The van der Waals surface area contributed by atoms with Crippen molar-refractivity contribution in [3.05, 3.63) is 48.6 Å². The molecule has 0 heterocycles. The van der Waals surface area contributed by atoms with E-state index in [1.54, 1.807) is 0 Å². The maximum Gasteiger partial charge on any atom is 0.306 e. The first-order valence-electron chi connectivity index (χ1n) is 44.3. The van der Waals surface area contributed by atoms with E-state index in [0.717, 1.165) is 44.9 Å². The summed E-state index contributed by atoms with van der Waals surface area (Å²) in [7, 11) is 1.19. The number of carbonyl (C=O) groups excluding carboxylic acids is 2. The molecule has 0 fully saturated rings. The molecule has 0 amide bonds. The number of phosphoric acid groups is 1. The van der Waals surface area contributed by atoms with E-state index in [-0.39, 0.29) is 32.0 Å². The lowest BCUT2D eigenvalue weighted by molar-refractivity contribution is -0.870. The Kier molecular flexibility index (Phi) is 79.4. The van der Waals surface area contributed by atoms with E-state index in [1.165, 1.54) is 385 Å². The summed E-state index contributed by atoms with van der Waals surface area (Å²) in [5.74, 6) is -0.805. The van der Waals surface area contributed by atoms with E-state index >= 15 is 0 Å². The molecule has 0 aromatic heterocycles. The highest BCUT2D eigenvalue weighted by atomic mass is 31.2. The molecule has 0 bridgehead atoms. The molecular weight excluding hydrogens is 1250 g/mol. The molecule has 0 aliphatic carbocycles. The molecule has 0 radical (unpaired) electrons. The summed E-state index contributed by atoms with van der Waals surface area (Å²) in [4.78, 5) is 38.3. The summed E-state index contributed by atoms with van der Waals surface area (Å²) >= 11 is 0. The third-order valence-corrected chi connectivity index (χ3v) is 21.3. The summed E-state index contributed by atoms with van der Waals surface area (Å²) in [5.41, 5.74) is 0. The Morgan fingerprint density at radius 2 is 0.540 bits per heavy atom. The highest BCUT2D eigenvalue weighted by Gasteiger charge is 2.22. The van der Waals surface area contributed by atoms with Crippen molar-refractivity contribution >= 4 is 19.8 Å². The van der Waals surface area contributed by atoms with Crippen LogP contribution in [-0.2, 0) is 32.7 Å². The van der Waals surface area contributed by atoms with Crippen LogP contribution in [-0.4, -0.2) is 70.0 Å². The zero-order valence-corrected chi connectivity index (χ0v) is 68.6. The molecule has 9 nitrogen and oxygen atoms in total. The summed E-state index contributed by atoms with van der Waals surface area (Å²) < 4.78 is 34.5. The fourth-order valence-electron chi connectivity index (χ4n) is 13.6. The van der Waals surface area contributed by atoms with Crippen molar-refractivity contribution in [1.82, 2.24) is 0 Å². The number of hydrogen-bond acceptors (Lipinski definition) is 8. The number of rotatable bonds is 84. The summed E-state index contributed by atoms with van der Waals surface area (Å²) in [5, 5.41) is 0. The number of ether oxygens (including phenoxy) is 2. The first kappa shape index (κ1) is 98.0. The van der Waals surface area contributed by atoms with Gasteiger partial charge in [0.15, 0.2) is 6.10 Å². The van der Waals surface area contributed by atoms with E-state index in [9.17, 15) is 19.0 Å². The Hall–Kier alpha value is -2.03. The lowest BCUT2D eigenvalue weighted by Gasteiger charge is -2.28. The smallest absolute Gasteiger partial charge is 0.306 e. The van der Waals surface area contributed by atoms with Crippen molar-refractivity contribution in [3.63, 3.8) is 0 Å². The van der Waals surface area contributed by atoms with Crippen LogP contribution in [0, 0.1) is 0 Å². The summed E-state index contributed by atoms with van der Waals surface area (Å²) in [6.07, 6.45) is 109. The number of esters is 2. The van der Waals surface area contributed by atoms with Gasteiger partial charge in [-0.3, -0.25) is 14.2 Å². The van der Waals surface area contributed by atoms with E-state index in [0.29, 0.717) is 17.4 Å². The van der Waals surface area contributed by atoms with Crippen LogP contribution in [0.1, 0.15) is 463 Å². The Labute approximate surface area is 624 Å². The maximum atomic E-state index is 12.9. The Morgan fingerprint density at radius 3 is 0.810 bits per heavy atom. The Morgan fingerprint density at radius 1 is 0.310 bits per heavy atom. The van der Waals surface area contributed by atoms with Crippen LogP contribution in [0.4, 0.5) is 0 Å². The second-order valence-corrected chi connectivity index (χ2v) is 33.0. The zero-order chi connectivity index (χ0) is 72.5. The van der Waals surface area contributed by atoms with Crippen LogP contribution in [0.15, 0.2) is 48.6 Å². The SMILES string of the molecule is CCCCCCC/C=C\C/C=C\C/C=C\CCCCCCCCCCCCCCCCCCCCCCCCCCC(=O)OC(COC(=O)CCCCCCCCCCCCCCCCCCCCCCCCCCC/C=C\CCCCCCCCCC)COP(=O)([O-])OCC[N+](C)(C)C. The van der Waals surface area contributed by atoms with Crippen LogP contribution >= 0.6 is 7.82 Å².